The van der Waals surface area contributed by atoms with Crippen LogP contribution in [-0.2, 0) is 0 Å². The van der Waals surface area contributed by atoms with Gasteiger partial charge in [0.1, 0.15) is 11.5 Å². The van der Waals surface area contributed by atoms with Crippen molar-refractivity contribution in [2.75, 3.05) is 18.8 Å². The molecule has 5 heteroatoms. The second kappa shape index (κ2) is 7.34. The van der Waals surface area contributed by atoms with E-state index >= 15 is 0 Å². The molecule has 0 aromatic carbocycles. The summed E-state index contributed by atoms with van der Waals surface area (Å²) in [5.41, 5.74) is 5.86. The fourth-order valence-corrected chi connectivity index (χ4v) is 2.16. The number of nitrogen functional groups attached to an aromatic ring is 1. The van der Waals surface area contributed by atoms with Gasteiger partial charge in [-0.15, -0.1) is 0 Å². The van der Waals surface area contributed by atoms with Crippen LogP contribution in [0.3, 0.4) is 0 Å². The van der Waals surface area contributed by atoms with E-state index in [1.54, 1.807) is 17.0 Å². The predicted octanol–water partition coefficient (Wildman–Crippen LogP) is 3.22. The van der Waals surface area contributed by atoms with Crippen molar-refractivity contribution in [3.05, 3.63) is 22.8 Å². The number of nitrogens with zero attached hydrogens (tertiary/aromatic N) is 2. The van der Waals surface area contributed by atoms with E-state index in [0.29, 0.717) is 23.3 Å². The molecule has 106 valence electrons. The molecule has 0 saturated carbocycles. The van der Waals surface area contributed by atoms with Crippen LogP contribution in [-0.4, -0.2) is 28.9 Å². The first-order chi connectivity index (χ1) is 9.03. The van der Waals surface area contributed by atoms with Gasteiger partial charge in [-0.25, -0.2) is 4.98 Å². The minimum absolute atomic E-state index is 0.147. The Kier molecular flexibility index (Phi) is 6.09. The third-order valence-electron chi connectivity index (χ3n) is 3.37. The summed E-state index contributed by atoms with van der Waals surface area (Å²) >= 11 is 6.03. The van der Waals surface area contributed by atoms with Crippen LogP contribution < -0.4 is 5.73 Å². The maximum absolute atomic E-state index is 12.4. The lowest BCUT2D eigenvalue weighted by atomic mass is 10.0. The summed E-state index contributed by atoms with van der Waals surface area (Å²) in [6.07, 6.45) is 2.11. The predicted molar refractivity (Wildman–Crippen MR) is 79.3 cm³/mol. The van der Waals surface area contributed by atoms with Gasteiger partial charge in [-0.3, -0.25) is 4.79 Å². The SMILES string of the molecule is CCC(CC)CN(CC)C(=O)c1nc(N)ccc1Cl. The van der Waals surface area contributed by atoms with E-state index in [0.717, 1.165) is 19.4 Å². The molecule has 1 rings (SSSR count). The van der Waals surface area contributed by atoms with Crippen LogP contribution in [0, 0.1) is 5.92 Å². The molecule has 0 bridgehead atoms. The highest BCUT2D eigenvalue weighted by Gasteiger charge is 2.21. The number of anilines is 1. The summed E-state index contributed by atoms with van der Waals surface area (Å²) in [5, 5.41) is 0.349. The number of hydrogen-bond donors (Lipinski definition) is 1. The Hall–Kier alpha value is -1.29. The monoisotopic (exact) mass is 283 g/mol. The highest BCUT2D eigenvalue weighted by molar-refractivity contribution is 6.33. The van der Waals surface area contributed by atoms with Crippen molar-refractivity contribution >= 4 is 23.3 Å². The minimum Gasteiger partial charge on any atom is -0.384 e. The number of nitrogens with two attached hydrogens (primary N) is 1. The smallest absolute Gasteiger partial charge is 0.274 e. The third-order valence-corrected chi connectivity index (χ3v) is 3.68. The first-order valence-electron chi connectivity index (χ1n) is 6.74. The van der Waals surface area contributed by atoms with Gasteiger partial charge >= 0.3 is 0 Å². The maximum Gasteiger partial charge on any atom is 0.274 e. The van der Waals surface area contributed by atoms with Crippen molar-refractivity contribution in [3.8, 4) is 0 Å². The molecule has 0 unspecified atom stereocenters. The van der Waals surface area contributed by atoms with Gasteiger partial charge in [0, 0.05) is 13.1 Å². The van der Waals surface area contributed by atoms with Crippen molar-refractivity contribution in [2.24, 2.45) is 5.92 Å². The van der Waals surface area contributed by atoms with Crippen molar-refractivity contribution in [2.45, 2.75) is 33.6 Å². The van der Waals surface area contributed by atoms with Crippen LogP contribution in [0.1, 0.15) is 44.1 Å². The summed E-state index contributed by atoms with van der Waals surface area (Å²) in [7, 11) is 0. The number of hydrogen-bond acceptors (Lipinski definition) is 3. The van der Waals surface area contributed by atoms with Gasteiger partial charge < -0.3 is 10.6 Å². The van der Waals surface area contributed by atoms with Crippen LogP contribution >= 0.6 is 11.6 Å². The number of rotatable bonds is 6. The molecule has 0 atom stereocenters. The second-order valence-corrected chi connectivity index (χ2v) is 5.00. The maximum atomic E-state index is 12.4. The largest absolute Gasteiger partial charge is 0.384 e. The van der Waals surface area contributed by atoms with E-state index in [-0.39, 0.29) is 11.6 Å². The van der Waals surface area contributed by atoms with Crippen molar-refractivity contribution in [3.63, 3.8) is 0 Å². The topological polar surface area (TPSA) is 59.2 Å². The minimum atomic E-state index is -0.147. The van der Waals surface area contributed by atoms with Gasteiger partial charge in [0.05, 0.1) is 5.02 Å². The summed E-state index contributed by atoms with van der Waals surface area (Å²) < 4.78 is 0. The van der Waals surface area contributed by atoms with Gasteiger partial charge in [0.2, 0.25) is 0 Å². The molecule has 0 aliphatic heterocycles. The van der Waals surface area contributed by atoms with E-state index in [9.17, 15) is 4.79 Å². The zero-order valence-electron chi connectivity index (χ0n) is 11.8. The Morgan fingerprint density at radius 2 is 2.00 bits per heavy atom. The lowest BCUT2D eigenvalue weighted by Gasteiger charge is -2.25. The van der Waals surface area contributed by atoms with Crippen LogP contribution in [0.15, 0.2) is 12.1 Å². The molecule has 0 radical (unpaired) electrons. The van der Waals surface area contributed by atoms with Crippen molar-refractivity contribution in [1.82, 2.24) is 9.88 Å². The van der Waals surface area contributed by atoms with Crippen LogP contribution in [0.2, 0.25) is 5.02 Å². The van der Waals surface area contributed by atoms with E-state index in [4.69, 9.17) is 17.3 Å². The fraction of sp³-hybridized carbons (Fsp3) is 0.571. The van der Waals surface area contributed by atoms with E-state index in [1.165, 1.54) is 0 Å². The molecular formula is C14H22ClN3O. The Labute approximate surface area is 120 Å². The summed E-state index contributed by atoms with van der Waals surface area (Å²) in [4.78, 5) is 18.3. The van der Waals surface area contributed by atoms with Crippen LogP contribution in [0.5, 0.6) is 0 Å². The van der Waals surface area contributed by atoms with E-state index < -0.39 is 0 Å². The quantitative estimate of drug-likeness (QED) is 0.872. The molecule has 0 aliphatic carbocycles. The Morgan fingerprint density at radius 3 is 2.53 bits per heavy atom. The van der Waals surface area contributed by atoms with Gasteiger partial charge in [-0.2, -0.15) is 0 Å². The third kappa shape index (κ3) is 4.10. The Bertz CT molecular complexity index is 433. The summed E-state index contributed by atoms with van der Waals surface area (Å²) in [6, 6.07) is 3.21. The number of aromatic nitrogens is 1. The van der Waals surface area contributed by atoms with Crippen LogP contribution in [0.4, 0.5) is 5.82 Å². The molecule has 1 heterocycles. The zero-order chi connectivity index (χ0) is 14.4. The molecule has 4 nitrogen and oxygen atoms in total. The first-order valence-corrected chi connectivity index (χ1v) is 7.12. The molecule has 0 aliphatic rings. The van der Waals surface area contributed by atoms with Gasteiger partial charge in [0.15, 0.2) is 0 Å². The lowest BCUT2D eigenvalue weighted by Crippen LogP contribution is -2.35. The fourth-order valence-electron chi connectivity index (χ4n) is 1.97. The number of carbonyl (C=O) groups excluding carboxylic acids is 1. The molecule has 1 aromatic rings. The second-order valence-electron chi connectivity index (χ2n) is 4.59. The number of amides is 1. The molecule has 0 spiro atoms. The average molecular weight is 284 g/mol. The number of carbonyl (C=O) groups is 1. The van der Waals surface area contributed by atoms with Crippen molar-refractivity contribution in [1.29, 1.82) is 0 Å². The standard InChI is InChI=1S/C14H22ClN3O/c1-4-10(5-2)9-18(6-3)14(19)13-11(15)7-8-12(16)17-13/h7-8,10H,4-6,9H2,1-3H3,(H2,16,17). The Morgan fingerprint density at radius 1 is 1.37 bits per heavy atom. The highest BCUT2D eigenvalue weighted by atomic mass is 35.5. The molecule has 19 heavy (non-hydrogen) atoms. The van der Waals surface area contributed by atoms with Gasteiger partial charge in [0.25, 0.3) is 5.91 Å². The van der Waals surface area contributed by atoms with E-state index in [1.807, 2.05) is 6.92 Å². The highest BCUT2D eigenvalue weighted by Crippen LogP contribution is 2.19. The lowest BCUT2D eigenvalue weighted by molar-refractivity contribution is 0.0729. The summed E-state index contributed by atoms with van der Waals surface area (Å²) in [6.45, 7) is 7.61. The summed E-state index contributed by atoms with van der Waals surface area (Å²) in [5.74, 6) is 0.668. The first kappa shape index (κ1) is 15.8. The molecule has 1 amide bonds. The molecule has 0 saturated heterocycles. The normalized spacial score (nSPS) is 10.8. The number of halogens is 1. The molecule has 2 N–H and O–H groups in total. The molecule has 0 fully saturated rings. The zero-order valence-corrected chi connectivity index (χ0v) is 12.6. The molecule has 1 aromatic heterocycles. The van der Waals surface area contributed by atoms with Crippen LogP contribution in [0.25, 0.3) is 0 Å². The number of pyridine rings is 1. The Balaban J connectivity index is 2.92. The molecular weight excluding hydrogens is 262 g/mol. The van der Waals surface area contributed by atoms with Gasteiger partial charge in [-0.1, -0.05) is 38.3 Å². The van der Waals surface area contributed by atoms with Gasteiger partial charge in [-0.05, 0) is 25.0 Å². The van der Waals surface area contributed by atoms with Crippen molar-refractivity contribution < 1.29 is 4.79 Å². The van der Waals surface area contributed by atoms with E-state index in [2.05, 4.69) is 18.8 Å². The average Bonchev–Trinajstić information content (AvgIpc) is 2.42.